The summed E-state index contributed by atoms with van der Waals surface area (Å²) in [6.07, 6.45) is 0. The lowest BCUT2D eigenvalue weighted by molar-refractivity contribution is 1.08. The van der Waals surface area contributed by atoms with Crippen LogP contribution in [-0.4, -0.2) is 15.0 Å². The standard InChI is InChI=1S/C40H24N4/c41-25-26-18-20-29(21-19-26)38-42-39(35-17-9-8-14-31(35)27-10-2-1-3-11-27)44-40(43-38)37-33-16-7-5-13-30(33)24-36-32-15-6-4-12-28(32)22-23-34(36)37/h1-24H. The maximum Gasteiger partial charge on any atom is 0.165 e. The van der Waals surface area contributed by atoms with Crippen molar-refractivity contribution in [2.75, 3.05) is 0 Å². The predicted molar refractivity (Wildman–Crippen MR) is 179 cm³/mol. The van der Waals surface area contributed by atoms with Crippen LogP contribution in [0.15, 0.2) is 146 Å². The molecule has 44 heavy (non-hydrogen) atoms. The molecule has 8 rings (SSSR count). The van der Waals surface area contributed by atoms with E-state index in [1.807, 2.05) is 42.5 Å². The summed E-state index contributed by atoms with van der Waals surface area (Å²) in [5, 5.41) is 16.2. The maximum absolute atomic E-state index is 9.41. The van der Waals surface area contributed by atoms with Crippen molar-refractivity contribution in [3.05, 3.63) is 151 Å². The summed E-state index contributed by atoms with van der Waals surface area (Å²) in [7, 11) is 0. The molecule has 0 amide bonds. The van der Waals surface area contributed by atoms with Gasteiger partial charge in [0.25, 0.3) is 0 Å². The zero-order chi connectivity index (χ0) is 29.5. The third-order valence-corrected chi connectivity index (χ3v) is 8.15. The average Bonchev–Trinajstić information content (AvgIpc) is 3.10. The van der Waals surface area contributed by atoms with Gasteiger partial charge in [0.05, 0.1) is 11.6 Å². The third-order valence-electron chi connectivity index (χ3n) is 8.15. The molecule has 1 aromatic heterocycles. The molecule has 7 aromatic carbocycles. The lowest BCUT2D eigenvalue weighted by atomic mass is 9.93. The fourth-order valence-corrected chi connectivity index (χ4v) is 6.04. The first-order valence-electron chi connectivity index (χ1n) is 14.5. The summed E-state index contributed by atoms with van der Waals surface area (Å²) in [5.74, 6) is 1.75. The molecule has 0 saturated carbocycles. The molecular formula is C40H24N4. The Labute approximate surface area is 254 Å². The maximum atomic E-state index is 9.41. The third kappa shape index (κ3) is 4.36. The summed E-state index contributed by atoms with van der Waals surface area (Å²) in [6.45, 7) is 0. The molecule has 0 aliphatic carbocycles. The highest BCUT2D eigenvalue weighted by Gasteiger charge is 2.19. The van der Waals surface area contributed by atoms with E-state index in [0.29, 0.717) is 23.0 Å². The Morgan fingerprint density at radius 1 is 0.409 bits per heavy atom. The van der Waals surface area contributed by atoms with Gasteiger partial charge in [0.15, 0.2) is 17.5 Å². The van der Waals surface area contributed by atoms with E-state index in [4.69, 9.17) is 15.0 Å². The van der Waals surface area contributed by atoms with Gasteiger partial charge in [-0.05, 0) is 73.8 Å². The van der Waals surface area contributed by atoms with Gasteiger partial charge in [-0.2, -0.15) is 5.26 Å². The zero-order valence-corrected chi connectivity index (χ0v) is 23.6. The second-order valence-corrected chi connectivity index (χ2v) is 10.8. The highest BCUT2D eigenvalue weighted by Crippen LogP contribution is 2.39. The first-order valence-corrected chi connectivity index (χ1v) is 14.5. The van der Waals surface area contributed by atoms with Gasteiger partial charge in [0.2, 0.25) is 0 Å². The molecule has 0 bridgehead atoms. The van der Waals surface area contributed by atoms with Crippen molar-refractivity contribution in [1.82, 2.24) is 15.0 Å². The molecule has 204 valence electrons. The van der Waals surface area contributed by atoms with Crippen LogP contribution in [0.1, 0.15) is 5.56 Å². The monoisotopic (exact) mass is 560 g/mol. The number of aromatic nitrogens is 3. The van der Waals surface area contributed by atoms with Crippen molar-refractivity contribution in [3.63, 3.8) is 0 Å². The molecule has 0 saturated heterocycles. The van der Waals surface area contributed by atoms with Crippen LogP contribution < -0.4 is 0 Å². The molecule has 1 heterocycles. The lowest BCUT2D eigenvalue weighted by Crippen LogP contribution is -2.02. The topological polar surface area (TPSA) is 62.5 Å². The number of fused-ring (bicyclic) bond motifs is 4. The number of nitrogens with zero attached hydrogens (tertiary/aromatic N) is 4. The quantitative estimate of drug-likeness (QED) is 0.159. The van der Waals surface area contributed by atoms with E-state index >= 15 is 0 Å². The number of benzene rings is 7. The molecule has 0 spiro atoms. The molecule has 0 aliphatic heterocycles. The van der Waals surface area contributed by atoms with E-state index in [-0.39, 0.29) is 0 Å². The van der Waals surface area contributed by atoms with Crippen LogP contribution in [-0.2, 0) is 0 Å². The number of rotatable bonds is 4. The van der Waals surface area contributed by atoms with Crippen LogP contribution in [0.3, 0.4) is 0 Å². The Balaban J connectivity index is 1.47. The molecule has 0 aliphatic rings. The van der Waals surface area contributed by atoms with Gasteiger partial charge in [0.1, 0.15) is 0 Å². The highest BCUT2D eigenvalue weighted by atomic mass is 15.0. The van der Waals surface area contributed by atoms with E-state index in [1.165, 1.54) is 10.8 Å². The summed E-state index contributed by atoms with van der Waals surface area (Å²) >= 11 is 0. The van der Waals surface area contributed by atoms with Crippen LogP contribution in [0.4, 0.5) is 0 Å². The Morgan fingerprint density at radius 2 is 1.05 bits per heavy atom. The van der Waals surface area contributed by atoms with Crippen LogP contribution in [0.5, 0.6) is 0 Å². The highest BCUT2D eigenvalue weighted by molar-refractivity contribution is 6.19. The van der Waals surface area contributed by atoms with Gasteiger partial charge in [-0.1, -0.05) is 115 Å². The Kier molecular flexibility index (Phi) is 6.14. The van der Waals surface area contributed by atoms with Crippen molar-refractivity contribution < 1.29 is 0 Å². The molecule has 0 atom stereocenters. The second kappa shape index (κ2) is 10.6. The number of hydrogen-bond acceptors (Lipinski definition) is 4. The van der Waals surface area contributed by atoms with Crippen LogP contribution in [0.2, 0.25) is 0 Å². The smallest absolute Gasteiger partial charge is 0.165 e. The van der Waals surface area contributed by atoms with Crippen molar-refractivity contribution in [2.24, 2.45) is 0 Å². The van der Waals surface area contributed by atoms with E-state index < -0.39 is 0 Å². The van der Waals surface area contributed by atoms with E-state index in [0.717, 1.165) is 49.4 Å². The zero-order valence-electron chi connectivity index (χ0n) is 23.6. The second-order valence-electron chi connectivity index (χ2n) is 10.8. The van der Waals surface area contributed by atoms with Crippen molar-refractivity contribution >= 4 is 32.3 Å². The minimum absolute atomic E-state index is 0.555. The molecule has 0 radical (unpaired) electrons. The van der Waals surface area contributed by atoms with Crippen molar-refractivity contribution in [2.45, 2.75) is 0 Å². The molecule has 0 fully saturated rings. The Hall–Kier alpha value is -6.18. The first-order chi connectivity index (χ1) is 21.8. The molecule has 0 N–H and O–H groups in total. The SMILES string of the molecule is N#Cc1ccc(-c2nc(-c3ccccc3-c3ccccc3)nc(-c3c4ccccc4cc4c3ccc3ccccc34)n2)cc1. The fourth-order valence-electron chi connectivity index (χ4n) is 6.04. The van der Waals surface area contributed by atoms with Gasteiger partial charge >= 0.3 is 0 Å². The molecule has 4 heteroatoms. The summed E-state index contributed by atoms with van der Waals surface area (Å²) in [6, 6.07) is 51.7. The first kappa shape index (κ1) is 25.5. The summed E-state index contributed by atoms with van der Waals surface area (Å²) in [5.41, 5.74) is 5.44. The largest absolute Gasteiger partial charge is 0.208 e. The normalized spacial score (nSPS) is 11.2. The van der Waals surface area contributed by atoms with Gasteiger partial charge in [-0.15, -0.1) is 0 Å². The molecule has 4 nitrogen and oxygen atoms in total. The number of hydrogen-bond donors (Lipinski definition) is 0. The lowest BCUT2D eigenvalue weighted by Gasteiger charge is -2.15. The average molecular weight is 561 g/mol. The predicted octanol–water partition coefficient (Wildman–Crippen LogP) is 9.87. The van der Waals surface area contributed by atoms with Crippen LogP contribution >= 0.6 is 0 Å². The Bertz CT molecular complexity index is 2390. The molecular weight excluding hydrogens is 536 g/mol. The summed E-state index contributed by atoms with van der Waals surface area (Å²) in [4.78, 5) is 15.4. The summed E-state index contributed by atoms with van der Waals surface area (Å²) < 4.78 is 0. The van der Waals surface area contributed by atoms with E-state index in [9.17, 15) is 5.26 Å². The molecule has 0 unspecified atom stereocenters. The number of nitriles is 1. The van der Waals surface area contributed by atoms with E-state index in [2.05, 4.69) is 97.1 Å². The Morgan fingerprint density at radius 3 is 1.84 bits per heavy atom. The fraction of sp³-hybridized carbons (Fsp3) is 0. The minimum Gasteiger partial charge on any atom is -0.208 e. The van der Waals surface area contributed by atoms with Gasteiger partial charge in [0, 0.05) is 16.7 Å². The van der Waals surface area contributed by atoms with Gasteiger partial charge < -0.3 is 0 Å². The van der Waals surface area contributed by atoms with Gasteiger partial charge in [-0.25, -0.2) is 15.0 Å². The van der Waals surface area contributed by atoms with Crippen molar-refractivity contribution in [3.8, 4) is 51.4 Å². The van der Waals surface area contributed by atoms with Crippen molar-refractivity contribution in [1.29, 1.82) is 5.26 Å². The van der Waals surface area contributed by atoms with Crippen LogP contribution in [0.25, 0.3) is 77.6 Å². The van der Waals surface area contributed by atoms with Crippen LogP contribution in [0, 0.1) is 11.3 Å². The van der Waals surface area contributed by atoms with Gasteiger partial charge in [-0.3, -0.25) is 0 Å². The van der Waals surface area contributed by atoms with E-state index in [1.54, 1.807) is 12.1 Å². The minimum atomic E-state index is 0.555. The molecule has 8 aromatic rings.